The molecule has 5 fully saturated rings. The van der Waals surface area contributed by atoms with Gasteiger partial charge in [0.1, 0.15) is 10.8 Å². The van der Waals surface area contributed by atoms with Gasteiger partial charge in [-0.25, -0.2) is 0 Å². The molecule has 4 bridgehead atoms. The summed E-state index contributed by atoms with van der Waals surface area (Å²) in [4.78, 5) is 31.8. The number of halogens is 4. The van der Waals surface area contributed by atoms with Gasteiger partial charge in [0.2, 0.25) is 0 Å². The van der Waals surface area contributed by atoms with Gasteiger partial charge in [-0.2, -0.15) is 0 Å². The van der Waals surface area contributed by atoms with E-state index in [2.05, 4.69) is 26.6 Å². The normalized spacial score (nSPS) is 25.2. The molecule has 4 heterocycles. The molecule has 214 valence electrons. The second-order valence-corrected chi connectivity index (χ2v) is 14.7. The molecule has 1 saturated carbocycles. The van der Waals surface area contributed by atoms with Crippen LogP contribution >= 0.6 is 50.5 Å². The molecule has 1 aliphatic carbocycles. The third-order valence-electron chi connectivity index (χ3n) is 6.13. The van der Waals surface area contributed by atoms with Gasteiger partial charge in [0.25, 0.3) is 5.91 Å². The average molecular weight is 721 g/mol. The number of nitrogens with one attached hydrogen (secondary N) is 1. The van der Waals surface area contributed by atoms with E-state index in [1.807, 2.05) is 39.0 Å². The Kier molecular flexibility index (Phi) is 14.8. The van der Waals surface area contributed by atoms with Crippen molar-refractivity contribution in [2.45, 2.75) is 13.3 Å². The van der Waals surface area contributed by atoms with Crippen LogP contribution in [-0.2, 0) is 19.9 Å². The van der Waals surface area contributed by atoms with Crippen LogP contribution in [0.4, 0.5) is 0 Å². The number of allylic oxidation sites excluding steroid dienone is 1. The molecule has 0 aromatic heterocycles. The first kappa shape index (κ1) is 33.5. The van der Waals surface area contributed by atoms with Crippen LogP contribution in [0.5, 0.6) is 5.75 Å². The molecular formula is C26H31Cl4N4O3PRu. The van der Waals surface area contributed by atoms with Crippen molar-refractivity contribution in [3.05, 3.63) is 77.9 Å². The van der Waals surface area contributed by atoms with Crippen LogP contribution in [0.25, 0.3) is 0 Å². The molecule has 1 aromatic carbocycles. The van der Waals surface area contributed by atoms with Crippen molar-refractivity contribution in [1.29, 1.82) is 0 Å². The summed E-state index contributed by atoms with van der Waals surface area (Å²) in [5.74, 6) is 0.679. The molecule has 4 saturated heterocycles. The first-order valence-electron chi connectivity index (χ1n) is 12.1. The van der Waals surface area contributed by atoms with Crippen molar-refractivity contribution in [2.75, 3.05) is 52.0 Å². The van der Waals surface area contributed by atoms with Crippen molar-refractivity contribution in [3.8, 4) is 5.75 Å². The molecule has 7 nitrogen and oxygen atoms in total. The van der Waals surface area contributed by atoms with Gasteiger partial charge in [-0.3, -0.25) is 24.3 Å². The van der Waals surface area contributed by atoms with Crippen LogP contribution < -0.4 is 10.1 Å². The summed E-state index contributed by atoms with van der Waals surface area (Å²) in [5.41, 5.74) is 0.710. The molecule has 0 spiro atoms. The Balaban J connectivity index is 0.000000261. The van der Waals surface area contributed by atoms with E-state index in [4.69, 9.17) is 47.3 Å². The minimum atomic E-state index is -0.346. The summed E-state index contributed by atoms with van der Waals surface area (Å²) in [6.07, 6.45) is 14.3. The van der Waals surface area contributed by atoms with Gasteiger partial charge in [-0.1, -0.05) is 44.6 Å². The fourth-order valence-electron chi connectivity index (χ4n) is 4.39. The van der Waals surface area contributed by atoms with Crippen molar-refractivity contribution >= 4 is 62.2 Å². The number of Topliss-reactive ketones (excluding diaryl/α,β-unsaturated/α-hetero) is 1. The Hall–Kier alpha value is -0.00662. The number of hydrogen-bond donors (Lipinski definition) is 1. The van der Waals surface area contributed by atoms with E-state index in [1.54, 1.807) is 0 Å². The number of benzene rings is 1. The van der Waals surface area contributed by atoms with E-state index < -0.39 is 0 Å². The predicted octanol–water partition coefficient (Wildman–Crippen LogP) is 5.78. The maximum atomic E-state index is 12.2. The number of ketones is 1. The summed E-state index contributed by atoms with van der Waals surface area (Å²) in [6, 6.07) is 3.05. The zero-order valence-corrected chi connectivity index (χ0v) is 27.1. The number of nitrogens with zero attached hydrogens (tertiary/aromatic N) is 3. The SMILES string of the molecule is C1N2CN3CN1CP(C2)C3.C=C(CC)C(=O)c1ccc(OCC(=O)NC[C]2[CH][CH][CH][CH][CH]2)c(Cl)c1Cl.[Cl][Ru][Cl]. The molecule has 1 amide bonds. The minimum absolute atomic E-state index is 0.0912. The summed E-state index contributed by atoms with van der Waals surface area (Å²) < 4.78 is 5.43. The molecule has 4 aliphatic heterocycles. The average Bonchev–Trinajstić information content (AvgIpc) is 2.92. The van der Waals surface area contributed by atoms with Gasteiger partial charge in [0.15, 0.2) is 12.4 Å². The molecule has 5 aliphatic rings. The zero-order chi connectivity index (χ0) is 28.4. The Morgan fingerprint density at radius 2 is 1.56 bits per heavy atom. The topological polar surface area (TPSA) is 65.1 Å². The van der Waals surface area contributed by atoms with Crippen LogP contribution in [0.3, 0.4) is 0 Å². The Morgan fingerprint density at radius 3 is 2.08 bits per heavy atom. The zero-order valence-electron chi connectivity index (χ0n) is 21.5. The van der Waals surface area contributed by atoms with E-state index in [-0.39, 0.29) is 54.8 Å². The molecule has 1 N–H and O–H groups in total. The number of hydrogen-bond acceptors (Lipinski definition) is 6. The summed E-state index contributed by atoms with van der Waals surface area (Å²) in [5, 5.41) is 2.94. The van der Waals surface area contributed by atoms with Crippen LogP contribution in [0, 0.1) is 38.0 Å². The van der Waals surface area contributed by atoms with E-state index in [0.29, 0.717) is 26.5 Å². The second-order valence-electron chi connectivity index (χ2n) is 9.16. The van der Waals surface area contributed by atoms with E-state index in [1.165, 1.54) is 51.0 Å². The second kappa shape index (κ2) is 17.2. The standard InChI is InChI=1S/C20H19Cl2NO3.C6H12N3P.2ClH.Ru/c1-3-13(2)20(25)15-9-10-16(19(22)18(15)21)26-12-17(24)23-11-14-7-5-4-6-8-14;1-7-2-9-3-8(1)5-10(4-7)6-9;;;/h4-10H,2-3,11-12H2,1H3,(H,23,24);1-6H2;2*1H;/q;;;;+2/p-2. The van der Waals surface area contributed by atoms with Crippen molar-refractivity contribution in [2.24, 2.45) is 0 Å². The monoisotopic (exact) mass is 720 g/mol. The van der Waals surface area contributed by atoms with E-state index in [9.17, 15) is 9.59 Å². The molecule has 13 heteroatoms. The van der Waals surface area contributed by atoms with E-state index >= 15 is 0 Å². The molecule has 0 atom stereocenters. The number of ether oxygens (including phenoxy) is 1. The Bertz CT molecular complexity index is 944. The van der Waals surface area contributed by atoms with Gasteiger partial charge in [-0.05, 0) is 56.2 Å². The molecular weight excluding hydrogens is 690 g/mol. The third-order valence-corrected chi connectivity index (χ3v) is 9.40. The van der Waals surface area contributed by atoms with Crippen molar-refractivity contribution < 1.29 is 29.5 Å². The quantitative estimate of drug-likeness (QED) is 0.159. The Labute approximate surface area is 259 Å². The number of carbonyl (C=O) groups excluding carboxylic acids is 2. The Morgan fingerprint density at radius 1 is 1.00 bits per heavy atom. The third kappa shape index (κ3) is 10.3. The molecule has 1 aromatic rings. The molecule has 39 heavy (non-hydrogen) atoms. The summed E-state index contributed by atoms with van der Waals surface area (Å²) >= 11 is 12.0. The summed E-state index contributed by atoms with van der Waals surface area (Å²) in [6.45, 7) is 9.48. The van der Waals surface area contributed by atoms with Crippen molar-refractivity contribution in [3.63, 3.8) is 0 Å². The predicted molar refractivity (Wildman–Crippen MR) is 157 cm³/mol. The maximum absolute atomic E-state index is 12.2. The van der Waals surface area contributed by atoms with Crippen LogP contribution in [0.2, 0.25) is 10.0 Å². The van der Waals surface area contributed by atoms with Gasteiger partial charge >= 0.3 is 34.5 Å². The van der Waals surface area contributed by atoms with Crippen LogP contribution in [-0.4, -0.2) is 78.4 Å². The van der Waals surface area contributed by atoms with Gasteiger partial charge < -0.3 is 10.1 Å². The molecule has 6 radical (unpaired) electrons. The van der Waals surface area contributed by atoms with Gasteiger partial charge in [0.05, 0.1) is 25.0 Å². The van der Waals surface area contributed by atoms with Crippen LogP contribution in [0.1, 0.15) is 23.7 Å². The fraction of sp³-hybridized carbons (Fsp3) is 0.385. The van der Waals surface area contributed by atoms with Gasteiger partial charge in [-0.15, -0.1) is 0 Å². The molecule has 0 unspecified atom stereocenters. The number of carbonyl (C=O) groups is 2. The first-order chi connectivity index (χ1) is 18.7. The van der Waals surface area contributed by atoms with E-state index in [0.717, 1.165) is 5.92 Å². The van der Waals surface area contributed by atoms with Crippen LogP contribution in [0.15, 0.2) is 24.3 Å². The van der Waals surface area contributed by atoms with Crippen molar-refractivity contribution in [1.82, 2.24) is 20.0 Å². The van der Waals surface area contributed by atoms with Gasteiger partial charge in [0, 0.05) is 36.9 Å². The fourth-order valence-corrected chi connectivity index (χ4v) is 7.36. The number of amides is 1. The number of rotatable bonds is 8. The molecule has 6 rings (SSSR count). The summed E-state index contributed by atoms with van der Waals surface area (Å²) in [7, 11) is 10.1. The first-order valence-corrected chi connectivity index (χ1v) is 19.3.